The fourth-order valence-corrected chi connectivity index (χ4v) is 2.35. The Bertz CT molecular complexity index is 524. The number of carbonyl (C=O) groups is 2. The van der Waals surface area contributed by atoms with Crippen LogP contribution in [0.4, 0.5) is 4.79 Å². The van der Waals surface area contributed by atoms with Gasteiger partial charge in [0.05, 0.1) is 17.7 Å². The first kappa shape index (κ1) is 15.3. The second kappa shape index (κ2) is 6.58. The molecule has 1 fully saturated rings. The summed E-state index contributed by atoms with van der Waals surface area (Å²) in [7, 11) is 0. The Labute approximate surface area is 123 Å². The maximum Gasteiger partial charge on any atom is 0.335 e. The molecule has 0 aromatic heterocycles. The van der Waals surface area contributed by atoms with Crippen molar-refractivity contribution < 1.29 is 19.4 Å². The molecular weight excluding hydrogens is 272 g/mol. The lowest BCUT2D eigenvalue weighted by atomic mass is 9.95. The summed E-state index contributed by atoms with van der Waals surface area (Å²) in [6.07, 6.45) is 1.81. The molecule has 1 aliphatic heterocycles. The molecule has 1 saturated heterocycles. The smallest absolute Gasteiger partial charge is 0.335 e. The zero-order chi connectivity index (χ0) is 15.3. The second-order valence-electron chi connectivity index (χ2n) is 5.53. The van der Waals surface area contributed by atoms with E-state index < -0.39 is 5.97 Å². The number of rotatable bonds is 4. The van der Waals surface area contributed by atoms with E-state index in [1.807, 2.05) is 6.92 Å². The van der Waals surface area contributed by atoms with Crippen molar-refractivity contribution in [2.24, 2.45) is 0 Å². The van der Waals surface area contributed by atoms with Crippen molar-refractivity contribution in [3.63, 3.8) is 0 Å². The van der Waals surface area contributed by atoms with E-state index in [1.165, 1.54) is 6.07 Å². The van der Waals surface area contributed by atoms with Gasteiger partial charge in [0.2, 0.25) is 0 Å². The van der Waals surface area contributed by atoms with Gasteiger partial charge in [-0.1, -0.05) is 12.1 Å². The van der Waals surface area contributed by atoms with Gasteiger partial charge in [-0.15, -0.1) is 0 Å². The molecule has 1 unspecified atom stereocenters. The Hall–Kier alpha value is -2.08. The fourth-order valence-electron chi connectivity index (χ4n) is 2.35. The van der Waals surface area contributed by atoms with E-state index in [4.69, 9.17) is 9.84 Å². The van der Waals surface area contributed by atoms with Gasteiger partial charge >= 0.3 is 12.0 Å². The van der Waals surface area contributed by atoms with E-state index >= 15 is 0 Å². The van der Waals surface area contributed by atoms with E-state index in [0.717, 1.165) is 25.0 Å². The predicted molar refractivity (Wildman–Crippen MR) is 77.2 cm³/mol. The molecule has 0 saturated carbocycles. The van der Waals surface area contributed by atoms with Crippen LogP contribution in [0.1, 0.15) is 35.7 Å². The molecule has 1 heterocycles. The molecule has 6 nitrogen and oxygen atoms in total. The number of amides is 2. The Morgan fingerprint density at radius 3 is 2.90 bits per heavy atom. The van der Waals surface area contributed by atoms with Gasteiger partial charge in [-0.05, 0) is 37.5 Å². The molecule has 114 valence electrons. The number of carboxylic acids is 1. The molecule has 21 heavy (non-hydrogen) atoms. The topological polar surface area (TPSA) is 87.7 Å². The zero-order valence-corrected chi connectivity index (χ0v) is 12.0. The van der Waals surface area contributed by atoms with Crippen molar-refractivity contribution in [3.05, 3.63) is 35.4 Å². The summed E-state index contributed by atoms with van der Waals surface area (Å²) in [5.74, 6) is -0.979. The van der Waals surface area contributed by atoms with E-state index in [1.54, 1.807) is 18.2 Å². The van der Waals surface area contributed by atoms with Gasteiger partial charge in [-0.2, -0.15) is 0 Å². The van der Waals surface area contributed by atoms with Crippen molar-refractivity contribution in [1.29, 1.82) is 0 Å². The molecule has 6 heteroatoms. The summed E-state index contributed by atoms with van der Waals surface area (Å²) < 4.78 is 5.38. The summed E-state index contributed by atoms with van der Waals surface area (Å²) in [5.41, 5.74) is 0.614. The molecule has 0 radical (unpaired) electrons. The normalized spacial score (nSPS) is 21.6. The maximum atomic E-state index is 11.9. The third kappa shape index (κ3) is 4.46. The molecule has 0 bridgehead atoms. The molecule has 1 aliphatic rings. The first-order chi connectivity index (χ1) is 9.98. The van der Waals surface area contributed by atoms with Crippen molar-refractivity contribution in [3.8, 4) is 0 Å². The third-order valence-electron chi connectivity index (χ3n) is 3.48. The van der Waals surface area contributed by atoms with Crippen LogP contribution in [0, 0.1) is 0 Å². The van der Waals surface area contributed by atoms with Crippen molar-refractivity contribution in [2.75, 3.05) is 13.2 Å². The molecular formula is C15H20N2O4. The summed E-state index contributed by atoms with van der Waals surface area (Å²) in [4.78, 5) is 22.8. The molecule has 1 atom stereocenters. The highest BCUT2D eigenvalue weighted by molar-refractivity contribution is 5.87. The number of ether oxygens (including phenoxy) is 1. The van der Waals surface area contributed by atoms with Crippen molar-refractivity contribution >= 4 is 12.0 Å². The van der Waals surface area contributed by atoms with Crippen LogP contribution in [-0.2, 0) is 11.3 Å². The average Bonchev–Trinajstić information content (AvgIpc) is 2.46. The van der Waals surface area contributed by atoms with E-state index in [9.17, 15) is 9.59 Å². The Morgan fingerprint density at radius 2 is 2.24 bits per heavy atom. The van der Waals surface area contributed by atoms with Crippen LogP contribution >= 0.6 is 0 Å². The average molecular weight is 292 g/mol. The number of carboxylic acid groups (broad SMARTS) is 1. The first-order valence-corrected chi connectivity index (χ1v) is 6.94. The van der Waals surface area contributed by atoms with Gasteiger partial charge in [-0.25, -0.2) is 9.59 Å². The Kier molecular flexibility index (Phi) is 4.80. The minimum absolute atomic E-state index is 0.211. The van der Waals surface area contributed by atoms with Crippen LogP contribution in [0.3, 0.4) is 0 Å². The van der Waals surface area contributed by atoms with Gasteiger partial charge in [0.15, 0.2) is 0 Å². The van der Waals surface area contributed by atoms with Crippen LogP contribution in [0.15, 0.2) is 24.3 Å². The highest BCUT2D eigenvalue weighted by atomic mass is 16.5. The Morgan fingerprint density at radius 1 is 1.43 bits per heavy atom. The first-order valence-electron chi connectivity index (χ1n) is 6.94. The van der Waals surface area contributed by atoms with Crippen LogP contribution in [0.25, 0.3) is 0 Å². The zero-order valence-electron chi connectivity index (χ0n) is 12.0. The molecule has 1 aromatic carbocycles. The van der Waals surface area contributed by atoms with E-state index in [-0.39, 0.29) is 23.7 Å². The lowest BCUT2D eigenvalue weighted by Gasteiger charge is -2.34. The number of aromatic carboxylic acids is 1. The molecule has 1 aromatic rings. The number of nitrogens with one attached hydrogen (secondary N) is 2. The minimum atomic E-state index is -0.979. The monoisotopic (exact) mass is 292 g/mol. The highest BCUT2D eigenvalue weighted by Gasteiger charge is 2.29. The lowest BCUT2D eigenvalue weighted by Crippen LogP contribution is -2.54. The summed E-state index contributed by atoms with van der Waals surface area (Å²) in [6.45, 7) is 3.48. The quantitative estimate of drug-likeness (QED) is 0.789. The van der Waals surface area contributed by atoms with Crippen LogP contribution in [0.2, 0.25) is 0 Å². The van der Waals surface area contributed by atoms with Gasteiger partial charge in [0.1, 0.15) is 0 Å². The fraction of sp³-hybridized carbons (Fsp3) is 0.467. The van der Waals surface area contributed by atoms with Crippen LogP contribution in [0.5, 0.6) is 0 Å². The number of benzene rings is 1. The Balaban J connectivity index is 1.86. The standard InChI is InChI=1S/C15H20N2O4/c1-15(6-3-7-21-10-15)17-14(20)16-9-11-4-2-5-12(8-11)13(18)19/h2,4-5,8H,3,6-7,9-10H2,1H3,(H,18,19)(H2,16,17,20). The molecule has 2 amide bonds. The SMILES string of the molecule is CC1(NC(=O)NCc2cccc(C(=O)O)c2)CCCOC1. The molecule has 0 spiro atoms. The molecule has 0 aliphatic carbocycles. The van der Waals surface area contributed by atoms with Gasteiger partial charge in [0, 0.05) is 13.2 Å². The number of hydrogen-bond acceptors (Lipinski definition) is 3. The van der Waals surface area contributed by atoms with Crippen LogP contribution < -0.4 is 10.6 Å². The maximum absolute atomic E-state index is 11.9. The third-order valence-corrected chi connectivity index (χ3v) is 3.48. The van der Waals surface area contributed by atoms with Gasteiger partial charge < -0.3 is 20.5 Å². The number of carbonyl (C=O) groups excluding carboxylic acids is 1. The lowest BCUT2D eigenvalue weighted by molar-refractivity contribution is 0.0333. The predicted octanol–water partition coefficient (Wildman–Crippen LogP) is 1.75. The number of urea groups is 1. The largest absolute Gasteiger partial charge is 0.478 e. The van der Waals surface area contributed by atoms with Gasteiger partial charge in [0.25, 0.3) is 0 Å². The van der Waals surface area contributed by atoms with E-state index in [0.29, 0.717) is 6.61 Å². The number of hydrogen-bond donors (Lipinski definition) is 3. The summed E-state index contributed by atoms with van der Waals surface area (Å²) in [6, 6.07) is 6.23. The summed E-state index contributed by atoms with van der Waals surface area (Å²) in [5, 5.41) is 14.6. The second-order valence-corrected chi connectivity index (χ2v) is 5.53. The highest BCUT2D eigenvalue weighted by Crippen LogP contribution is 2.17. The minimum Gasteiger partial charge on any atom is -0.478 e. The molecule has 3 N–H and O–H groups in total. The molecule has 2 rings (SSSR count). The van der Waals surface area contributed by atoms with Crippen molar-refractivity contribution in [2.45, 2.75) is 31.8 Å². The van der Waals surface area contributed by atoms with Crippen LogP contribution in [-0.4, -0.2) is 35.9 Å². The van der Waals surface area contributed by atoms with Crippen molar-refractivity contribution in [1.82, 2.24) is 10.6 Å². The van der Waals surface area contributed by atoms with E-state index in [2.05, 4.69) is 10.6 Å². The summed E-state index contributed by atoms with van der Waals surface area (Å²) >= 11 is 0. The van der Waals surface area contributed by atoms with Gasteiger partial charge in [-0.3, -0.25) is 0 Å².